The van der Waals surface area contributed by atoms with Gasteiger partial charge in [-0.15, -0.1) is 0 Å². The van der Waals surface area contributed by atoms with E-state index in [1.807, 2.05) is 19.1 Å². The zero-order valence-corrected chi connectivity index (χ0v) is 18.1. The SMILES string of the molecule is CCCC(C)(C)CC(O)C=C[C@H]1CCC(=O)[C@]1(C)CCCCCC(O)C(=O)O. The maximum absolute atomic E-state index is 12.5. The summed E-state index contributed by atoms with van der Waals surface area (Å²) in [7, 11) is 0. The minimum Gasteiger partial charge on any atom is -0.479 e. The number of carbonyl (C=O) groups excluding carboxylic acids is 1. The number of aliphatic hydroxyl groups is 2. The predicted octanol–water partition coefficient (Wildman–Crippen LogP) is 4.50. The van der Waals surface area contributed by atoms with Crippen LogP contribution in [0.15, 0.2) is 12.2 Å². The van der Waals surface area contributed by atoms with Crippen molar-refractivity contribution in [1.82, 2.24) is 0 Å². The van der Waals surface area contributed by atoms with Crippen LogP contribution in [0.1, 0.15) is 91.9 Å². The second-order valence-electron chi connectivity index (χ2n) is 9.51. The second-order valence-corrected chi connectivity index (χ2v) is 9.51. The van der Waals surface area contributed by atoms with Gasteiger partial charge in [-0.2, -0.15) is 0 Å². The first kappa shape index (κ1) is 24.8. The smallest absolute Gasteiger partial charge is 0.332 e. The summed E-state index contributed by atoms with van der Waals surface area (Å²) in [4.78, 5) is 23.1. The van der Waals surface area contributed by atoms with Gasteiger partial charge in [0.25, 0.3) is 0 Å². The van der Waals surface area contributed by atoms with Crippen LogP contribution < -0.4 is 0 Å². The van der Waals surface area contributed by atoms with E-state index in [0.29, 0.717) is 12.8 Å². The lowest BCUT2D eigenvalue weighted by Crippen LogP contribution is -2.28. The first-order chi connectivity index (χ1) is 13.0. The van der Waals surface area contributed by atoms with Crippen molar-refractivity contribution in [3.63, 3.8) is 0 Å². The molecule has 0 saturated heterocycles. The quantitative estimate of drug-likeness (QED) is 0.315. The summed E-state index contributed by atoms with van der Waals surface area (Å²) in [6.45, 7) is 8.54. The van der Waals surface area contributed by atoms with Gasteiger partial charge in [0.05, 0.1) is 6.10 Å². The summed E-state index contributed by atoms with van der Waals surface area (Å²) in [5.74, 6) is -0.745. The van der Waals surface area contributed by atoms with Crippen molar-refractivity contribution in [1.29, 1.82) is 0 Å². The number of carboxylic acid groups (broad SMARTS) is 1. The number of rotatable bonds is 13. The predicted molar refractivity (Wildman–Crippen MR) is 111 cm³/mol. The van der Waals surface area contributed by atoms with Crippen molar-refractivity contribution < 1.29 is 24.9 Å². The Kier molecular flexibility index (Phi) is 9.85. The highest BCUT2D eigenvalue weighted by Crippen LogP contribution is 2.45. The molecule has 0 aromatic heterocycles. The van der Waals surface area contributed by atoms with Crippen molar-refractivity contribution in [3.8, 4) is 0 Å². The highest BCUT2D eigenvalue weighted by Gasteiger charge is 2.43. The van der Waals surface area contributed by atoms with E-state index >= 15 is 0 Å². The van der Waals surface area contributed by atoms with Crippen LogP contribution in [0.4, 0.5) is 0 Å². The number of aliphatic carboxylic acids is 1. The van der Waals surface area contributed by atoms with Gasteiger partial charge in [0, 0.05) is 11.8 Å². The van der Waals surface area contributed by atoms with Crippen molar-refractivity contribution >= 4 is 11.8 Å². The molecular weight excluding hydrogens is 356 g/mol. The van der Waals surface area contributed by atoms with E-state index in [2.05, 4.69) is 20.8 Å². The molecule has 1 aliphatic rings. The number of carboxylic acids is 1. The fourth-order valence-electron chi connectivity index (χ4n) is 4.54. The lowest BCUT2D eigenvalue weighted by molar-refractivity contribution is -0.147. The lowest BCUT2D eigenvalue weighted by atomic mass is 9.74. The molecule has 1 saturated carbocycles. The van der Waals surface area contributed by atoms with Gasteiger partial charge in [0.1, 0.15) is 5.78 Å². The van der Waals surface area contributed by atoms with Gasteiger partial charge in [-0.05, 0) is 43.4 Å². The van der Waals surface area contributed by atoms with Crippen molar-refractivity contribution in [3.05, 3.63) is 12.2 Å². The maximum atomic E-state index is 12.5. The minimum absolute atomic E-state index is 0.105. The summed E-state index contributed by atoms with van der Waals surface area (Å²) < 4.78 is 0. The standard InChI is InChI=1S/C23H40O5/c1-5-14-22(2,3)16-18(24)12-10-17-11-13-20(26)23(17,4)15-8-6-7-9-19(25)21(27)28/h10,12,17-19,24-25H,5-9,11,13-16H2,1-4H3,(H,27,28)/t17-,18?,19?,23+/m0/s1. The largest absolute Gasteiger partial charge is 0.479 e. The van der Waals surface area contributed by atoms with Gasteiger partial charge in [0.15, 0.2) is 6.10 Å². The molecule has 4 atom stereocenters. The molecule has 3 N–H and O–H groups in total. The summed E-state index contributed by atoms with van der Waals surface area (Å²) in [6, 6.07) is 0. The van der Waals surface area contributed by atoms with E-state index in [1.165, 1.54) is 0 Å². The zero-order valence-electron chi connectivity index (χ0n) is 18.1. The fraction of sp³-hybridized carbons (Fsp3) is 0.826. The van der Waals surface area contributed by atoms with Crippen LogP contribution in [0.2, 0.25) is 0 Å². The Labute approximate surface area is 170 Å². The number of carbonyl (C=O) groups is 2. The zero-order chi connectivity index (χ0) is 21.4. The molecule has 0 aromatic rings. The molecule has 1 fully saturated rings. The van der Waals surface area contributed by atoms with Gasteiger partial charge in [0.2, 0.25) is 0 Å². The van der Waals surface area contributed by atoms with Crippen molar-refractivity contribution in [2.45, 2.75) is 104 Å². The third-order valence-corrected chi connectivity index (χ3v) is 6.35. The molecule has 0 aliphatic heterocycles. The average molecular weight is 397 g/mol. The monoisotopic (exact) mass is 396 g/mol. The van der Waals surface area contributed by atoms with Gasteiger partial charge in [-0.25, -0.2) is 4.79 Å². The van der Waals surface area contributed by atoms with Gasteiger partial charge >= 0.3 is 5.97 Å². The number of allylic oxidation sites excluding steroid dienone is 1. The van der Waals surface area contributed by atoms with E-state index < -0.39 is 23.6 Å². The average Bonchev–Trinajstić information content (AvgIpc) is 2.86. The highest BCUT2D eigenvalue weighted by molar-refractivity contribution is 5.87. The molecule has 0 aromatic carbocycles. The summed E-state index contributed by atoms with van der Waals surface area (Å²) in [6.07, 6.45) is 9.76. The van der Waals surface area contributed by atoms with E-state index in [4.69, 9.17) is 5.11 Å². The first-order valence-electron chi connectivity index (χ1n) is 10.8. The number of aliphatic hydroxyl groups excluding tert-OH is 2. The molecule has 162 valence electrons. The van der Waals surface area contributed by atoms with Crippen LogP contribution in [0, 0.1) is 16.7 Å². The molecule has 1 aliphatic carbocycles. The molecule has 0 radical (unpaired) electrons. The second kappa shape index (κ2) is 11.1. The van der Waals surface area contributed by atoms with Gasteiger partial charge in [-0.1, -0.05) is 65.5 Å². The molecular formula is C23H40O5. The molecule has 0 amide bonds. The molecule has 0 bridgehead atoms. The van der Waals surface area contributed by atoms with Crippen LogP contribution in [0.5, 0.6) is 0 Å². The van der Waals surface area contributed by atoms with Crippen LogP contribution >= 0.6 is 0 Å². The highest BCUT2D eigenvalue weighted by atomic mass is 16.4. The Morgan fingerprint density at radius 3 is 2.57 bits per heavy atom. The van der Waals surface area contributed by atoms with Gasteiger partial charge in [-0.3, -0.25) is 4.79 Å². The lowest BCUT2D eigenvalue weighted by Gasteiger charge is -2.29. The van der Waals surface area contributed by atoms with Crippen molar-refractivity contribution in [2.75, 3.05) is 0 Å². The number of ketones is 1. The molecule has 1 rings (SSSR count). The summed E-state index contributed by atoms with van der Waals surface area (Å²) in [5, 5.41) is 28.4. The van der Waals surface area contributed by atoms with Crippen LogP contribution in [0.25, 0.3) is 0 Å². The summed E-state index contributed by atoms with van der Waals surface area (Å²) in [5.41, 5.74) is -0.297. The topological polar surface area (TPSA) is 94.8 Å². The molecule has 5 heteroatoms. The molecule has 5 nitrogen and oxygen atoms in total. The van der Waals surface area contributed by atoms with Crippen molar-refractivity contribution in [2.24, 2.45) is 16.7 Å². The van der Waals surface area contributed by atoms with Crippen LogP contribution in [-0.2, 0) is 9.59 Å². The fourth-order valence-corrected chi connectivity index (χ4v) is 4.54. The summed E-state index contributed by atoms with van der Waals surface area (Å²) >= 11 is 0. The normalized spacial score (nSPS) is 25.4. The van der Waals surface area contributed by atoms with E-state index in [0.717, 1.165) is 44.9 Å². The number of unbranched alkanes of at least 4 members (excludes halogenated alkanes) is 2. The Morgan fingerprint density at radius 1 is 1.29 bits per heavy atom. The maximum Gasteiger partial charge on any atom is 0.332 e. The Hall–Kier alpha value is -1.20. The number of Topliss-reactive ketones (excluding diaryl/α,β-unsaturated/α-hetero) is 1. The van der Waals surface area contributed by atoms with E-state index in [9.17, 15) is 19.8 Å². The Bertz CT molecular complexity index is 539. The van der Waals surface area contributed by atoms with Gasteiger partial charge < -0.3 is 15.3 Å². The Balaban J connectivity index is 2.54. The van der Waals surface area contributed by atoms with E-state index in [-0.39, 0.29) is 23.5 Å². The molecule has 0 heterocycles. The van der Waals surface area contributed by atoms with Crippen LogP contribution in [-0.4, -0.2) is 39.3 Å². The molecule has 2 unspecified atom stereocenters. The minimum atomic E-state index is -1.29. The third kappa shape index (κ3) is 7.67. The third-order valence-electron chi connectivity index (χ3n) is 6.35. The number of hydrogen-bond acceptors (Lipinski definition) is 4. The Morgan fingerprint density at radius 2 is 1.96 bits per heavy atom. The molecule has 28 heavy (non-hydrogen) atoms. The number of hydrogen-bond donors (Lipinski definition) is 3. The molecule has 0 spiro atoms. The van der Waals surface area contributed by atoms with Crippen LogP contribution in [0.3, 0.4) is 0 Å². The van der Waals surface area contributed by atoms with E-state index in [1.54, 1.807) is 0 Å². The first-order valence-corrected chi connectivity index (χ1v) is 10.8.